The summed E-state index contributed by atoms with van der Waals surface area (Å²) in [5.74, 6) is 0. The Balaban J connectivity index is 2.58. The number of fused-ring (bicyclic) bond motifs is 1. The third kappa shape index (κ3) is 2.77. The largest absolute Gasteiger partial charge is 0.361 e. The van der Waals surface area contributed by atoms with E-state index in [1.54, 1.807) is 0 Å². The lowest BCUT2D eigenvalue weighted by Crippen LogP contribution is -2.14. The zero-order valence-corrected chi connectivity index (χ0v) is 12.5. The Morgan fingerprint density at radius 3 is 2.22 bits per heavy atom. The number of aromatic amines is 1. The van der Waals surface area contributed by atoms with Crippen LogP contribution in [-0.4, -0.2) is 4.98 Å². The molecule has 0 atom stereocenters. The van der Waals surface area contributed by atoms with E-state index in [4.69, 9.17) is 0 Å². The number of hydrogen-bond donors (Lipinski definition) is 1. The molecule has 0 saturated heterocycles. The van der Waals surface area contributed by atoms with Crippen LogP contribution in [0.4, 0.5) is 0 Å². The topological polar surface area (TPSA) is 15.8 Å². The summed E-state index contributed by atoms with van der Waals surface area (Å²) in [6, 6.07) is 6.88. The van der Waals surface area contributed by atoms with E-state index in [-0.39, 0.29) is 5.41 Å². The van der Waals surface area contributed by atoms with Crippen molar-refractivity contribution >= 4 is 10.9 Å². The van der Waals surface area contributed by atoms with Crippen molar-refractivity contribution in [2.24, 2.45) is 5.41 Å². The van der Waals surface area contributed by atoms with Crippen LogP contribution in [-0.2, 0) is 11.8 Å². The van der Waals surface area contributed by atoms with Gasteiger partial charge >= 0.3 is 0 Å². The molecule has 0 aliphatic heterocycles. The van der Waals surface area contributed by atoms with Crippen LogP contribution in [0.1, 0.15) is 52.7 Å². The first-order valence-electron chi connectivity index (χ1n) is 6.77. The van der Waals surface area contributed by atoms with Crippen LogP contribution in [0.15, 0.2) is 24.4 Å². The monoisotopic (exact) mass is 243 g/mol. The lowest BCUT2D eigenvalue weighted by Gasteiger charge is -2.24. The Kier molecular flexibility index (Phi) is 3.04. The van der Waals surface area contributed by atoms with E-state index in [1.807, 2.05) is 6.20 Å². The number of H-pyrrole nitrogens is 1. The SMILES string of the molecule is CC(C)(C)Cc1cc(C(C)(C)C)c2cc[nH]c2c1. The Hall–Kier alpha value is -1.24. The Morgan fingerprint density at radius 1 is 1.00 bits per heavy atom. The van der Waals surface area contributed by atoms with Crippen LogP contribution in [0.2, 0.25) is 0 Å². The number of nitrogens with one attached hydrogen (secondary N) is 1. The van der Waals surface area contributed by atoms with Gasteiger partial charge < -0.3 is 4.98 Å². The second kappa shape index (κ2) is 4.15. The fraction of sp³-hybridized carbons (Fsp3) is 0.529. The molecule has 0 fully saturated rings. The molecule has 1 nitrogen and oxygen atoms in total. The molecule has 0 bridgehead atoms. The van der Waals surface area contributed by atoms with E-state index in [1.165, 1.54) is 22.0 Å². The number of rotatable bonds is 1. The average molecular weight is 243 g/mol. The van der Waals surface area contributed by atoms with Crippen LogP contribution >= 0.6 is 0 Å². The molecule has 1 heteroatoms. The molecular formula is C17H25N. The maximum absolute atomic E-state index is 3.36. The fourth-order valence-electron chi connectivity index (χ4n) is 2.56. The Morgan fingerprint density at radius 2 is 1.67 bits per heavy atom. The van der Waals surface area contributed by atoms with Gasteiger partial charge in [0.2, 0.25) is 0 Å². The minimum atomic E-state index is 0.189. The highest BCUT2D eigenvalue weighted by Crippen LogP contribution is 2.32. The molecular weight excluding hydrogens is 218 g/mol. The highest BCUT2D eigenvalue weighted by atomic mass is 14.7. The van der Waals surface area contributed by atoms with Gasteiger partial charge in [-0.1, -0.05) is 47.6 Å². The molecule has 1 aromatic heterocycles. The van der Waals surface area contributed by atoms with Crippen molar-refractivity contribution in [2.75, 3.05) is 0 Å². The second-order valence-electron chi connectivity index (χ2n) is 7.57. The third-order valence-electron chi connectivity index (χ3n) is 3.27. The van der Waals surface area contributed by atoms with Crippen LogP contribution in [0.25, 0.3) is 10.9 Å². The van der Waals surface area contributed by atoms with Gasteiger partial charge in [-0.2, -0.15) is 0 Å². The van der Waals surface area contributed by atoms with Gasteiger partial charge in [-0.05, 0) is 40.5 Å². The van der Waals surface area contributed by atoms with Crippen LogP contribution in [0, 0.1) is 5.41 Å². The molecule has 2 aromatic rings. The fourth-order valence-corrected chi connectivity index (χ4v) is 2.56. The second-order valence-corrected chi connectivity index (χ2v) is 7.57. The zero-order chi connectivity index (χ0) is 13.6. The first-order valence-corrected chi connectivity index (χ1v) is 6.77. The standard InChI is InChI=1S/C17H25N/c1-16(2,3)11-12-9-14(17(4,5)6)13-7-8-18-15(13)10-12/h7-10,18H,11H2,1-6H3. The molecule has 98 valence electrons. The van der Waals surface area contributed by atoms with Crippen molar-refractivity contribution in [3.05, 3.63) is 35.5 Å². The lowest BCUT2D eigenvalue weighted by atomic mass is 9.81. The molecule has 0 aliphatic carbocycles. The summed E-state index contributed by atoms with van der Waals surface area (Å²) in [6.07, 6.45) is 3.16. The quantitative estimate of drug-likeness (QED) is 0.721. The minimum Gasteiger partial charge on any atom is -0.361 e. The van der Waals surface area contributed by atoms with Crippen molar-refractivity contribution in [1.29, 1.82) is 0 Å². The molecule has 1 heterocycles. The summed E-state index contributed by atoms with van der Waals surface area (Å²) in [4.78, 5) is 3.36. The molecule has 0 spiro atoms. The van der Waals surface area contributed by atoms with Gasteiger partial charge in [-0.15, -0.1) is 0 Å². The van der Waals surface area contributed by atoms with Crippen molar-refractivity contribution in [1.82, 2.24) is 4.98 Å². The first-order chi connectivity index (χ1) is 8.17. The van der Waals surface area contributed by atoms with E-state index in [2.05, 4.69) is 64.7 Å². The molecule has 2 rings (SSSR count). The summed E-state index contributed by atoms with van der Waals surface area (Å²) in [6.45, 7) is 13.7. The predicted octanol–water partition coefficient (Wildman–Crippen LogP) is 5.05. The Bertz CT molecular complexity index is 547. The van der Waals surface area contributed by atoms with Gasteiger partial charge in [0.25, 0.3) is 0 Å². The molecule has 0 unspecified atom stereocenters. The summed E-state index contributed by atoms with van der Waals surface area (Å²) in [7, 11) is 0. The van der Waals surface area contributed by atoms with Crippen LogP contribution in [0.5, 0.6) is 0 Å². The van der Waals surface area contributed by atoms with E-state index < -0.39 is 0 Å². The molecule has 0 aliphatic rings. The Labute approximate surface area is 111 Å². The molecule has 0 amide bonds. The number of aromatic nitrogens is 1. The maximum atomic E-state index is 3.36. The molecule has 1 N–H and O–H groups in total. The highest BCUT2D eigenvalue weighted by molar-refractivity contribution is 5.84. The summed E-state index contributed by atoms with van der Waals surface area (Å²) in [5.41, 5.74) is 4.66. The van der Waals surface area contributed by atoms with Gasteiger partial charge in [0.15, 0.2) is 0 Å². The van der Waals surface area contributed by atoms with Crippen molar-refractivity contribution in [3.8, 4) is 0 Å². The molecule has 1 aromatic carbocycles. The van der Waals surface area contributed by atoms with Gasteiger partial charge in [0, 0.05) is 17.1 Å². The van der Waals surface area contributed by atoms with Crippen molar-refractivity contribution in [3.63, 3.8) is 0 Å². The lowest BCUT2D eigenvalue weighted by molar-refractivity contribution is 0.411. The molecule has 0 radical (unpaired) electrons. The highest BCUT2D eigenvalue weighted by Gasteiger charge is 2.20. The van der Waals surface area contributed by atoms with Crippen molar-refractivity contribution in [2.45, 2.75) is 53.4 Å². The van der Waals surface area contributed by atoms with Gasteiger partial charge in [0.1, 0.15) is 0 Å². The molecule has 18 heavy (non-hydrogen) atoms. The van der Waals surface area contributed by atoms with Crippen molar-refractivity contribution < 1.29 is 0 Å². The van der Waals surface area contributed by atoms with E-state index in [0.29, 0.717) is 5.41 Å². The smallest absolute Gasteiger partial charge is 0.0459 e. The minimum absolute atomic E-state index is 0.189. The van der Waals surface area contributed by atoms with Gasteiger partial charge in [-0.25, -0.2) is 0 Å². The summed E-state index contributed by atoms with van der Waals surface area (Å²) in [5, 5.41) is 1.36. The third-order valence-corrected chi connectivity index (χ3v) is 3.27. The van der Waals surface area contributed by atoms with E-state index in [0.717, 1.165) is 6.42 Å². The normalized spacial score (nSPS) is 13.2. The number of benzene rings is 1. The van der Waals surface area contributed by atoms with Crippen LogP contribution in [0.3, 0.4) is 0 Å². The predicted molar refractivity (Wildman–Crippen MR) is 80.2 cm³/mol. The molecule has 0 saturated carbocycles. The first kappa shape index (κ1) is 13.2. The van der Waals surface area contributed by atoms with Crippen LogP contribution < -0.4 is 0 Å². The van der Waals surface area contributed by atoms with Gasteiger partial charge in [-0.3, -0.25) is 0 Å². The summed E-state index contributed by atoms with van der Waals surface area (Å²) < 4.78 is 0. The zero-order valence-electron chi connectivity index (χ0n) is 12.5. The van der Waals surface area contributed by atoms with Gasteiger partial charge in [0.05, 0.1) is 0 Å². The maximum Gasteiger partial charge on any atom is 0.0459 e. The summed E-state index contributed by atoms with van der Waals surface area (Å²) >= 11 is 0. The number of hydrogen-bond acceptors (Lipinski definition) is 0. The van der Waals surface area contributed by atoms with E-state index >= 15 is 0 Å². The average Bonchev–Trinajstić information content (AvgIpc) is 2.59. The van der Waals surface area contributed by atoms with E-state index in [9.17, 15) is 0 Å².